The first kappa shape index (κ1) is 6.68. The summed E-state index contributed by atoms with van der Waals surface area (Å²) in [6, 6.07) is 0. The smallest absolute Gasteiger partial charge is 0.328 e. The summed E-state index contributed by atoms with van der Waals surface area (Å²) < 4.78 is 0. The summed E-state index contributed by atoms with van der Waals surface area (Å²) in [6.07, 6.45) is 1.12. The molecule has 0 aliphatic carbocycles. The molecule has 4 heteroatoms. The number of rotatable bonds is 2. The zero-order chi connectivity index (χ0) is 6.57. The molecule has 4 nitrogen and oxygen atoms in total. The maximum Gasteiger partial charge on any atom is 0.328 e. The molecule has 0 unspecified atom stereocenters. The Kier molecular flexibility index (Phi) is 2.33. The lowest BCUT2D eigenvalue weighted by Crippen LogP contribution is -1.91. The molecule has 0 heterocycles. The van der Waals surface area contributed by atoms with Gasteiger partial charge in [0.25, 0.3) is 0 Å². The molecule has 0 saturated carbocycles. The second-order valence-corrected chi connectivity index (χ2v) is 1.01. The third-order valence-corrected chi connectivity index (χ3v) is 0.368. The molecule has 0 spiro atoms. The van der Waals surface area contributed by atoms with Gasteiger partial charge in [0, 0.05) is 12.2 Å². The van der Waals surface area contributed by atoms with Crippen LogP contribution in [0.25, 0.3) is 0 Å². The van der Waals surface area contributed by atoms with E-state index >= 15 is 0 Å². The Labute approximate surface area is 45.1 Å². The SMILES string of the molecule is O=C(O)/[14CH]=[14CH]/C(=O)O. The standard InChI is InChI=1S/C4H4O4/c5-3(6)1-2-4(7)8/h1-2H,(H,5,6)(H,7,8)/b2-1+/i1+2,2+2. The van der Waals surface area contributed by atoms with Crippen LogP contribution in [0.15, 0.2) is 12.2 Å². The second kappa shape index (κ2) is 2.79. The highest BCUT2D eigenvalue weighted by Crippen LogP contribution is 1.70. The lowest BCUT2D eigenvalue weighted by atomic mass is 11.2. The van der Waals surface area contributed by atoms with Crippen molar-refractivity contribution in [3.05, 3.63) is 12.2 Å². The van der Waals surface area contributed by atoms with Crippen molar-refractivity contribution in [3.8, 4) is 0 Å². The first-order valence-electron chi connectivity index (χ1n) is 1.77. The van der Waals surface area contributed by atoms with Gasteiger partial charge >= 0.3 is 11.9 Å². The van der Waals surface area contributed by atoms with Crippen LogP contribution in [0.1, 0.15) is 0 Å². The molecule has 0 atom stereocenters. The lowest BCUT2D eigenvalue weighted by molar-refractivity contribution is -0.134. The van der Waals surface area contributed by atoms with Crippen LogP contribution >= 0.6 is 0 Å². The fraction of sp³-hybridized carbons (Fsp3) is 0. The lowest BCUT2D eigenvalue weighted by Gasteiger charge is -1.74. The molecule has 8 heavy (non-hydrogen) atoms. The molecule has 44 valence electrons. The van der Waals surface area contributed by atoms with Crippen LogP contribution in [0.5, 0.6) is 0 Å². The van der Waals surface area contributed by atoms with Gasteiger partial charge in [-0.2, -0.15) is 0 Å². The Morgan fingerprint density at radius 1 is 1.00 bits per heavy atom. The highest BCUT2D eigenvalue weighted by Gasteiger charge is 1.88. The molecule has 0 radical (unpaired) electrons. The molecule has 0 rings (SSSR count). The monoisotopic (exact) mass is 120 g/mol. The van der Waals surface area contributed by atoms with Gasteiger partial charge in [0.1, 0.15) is 0 Å². The summed E-state index contributed by atoms with van der Waals surface area (Å²) in [6.45, 7) is 0. The van der Waals surface area contributed by atoms with E-state index in [-0.39, 0.29) is 0 Å². The largest absolute Gasteiger partial charge is 0.478 e. The first-order chi connectivity index (χ1) is 3.63. The third-order valence-electron chi connectivity index (χ3n) is 0.368. The van der Waals surface area contributed by atoms with E-state index in [1.165, 1.54) is 0 Å². The van der Waals surface area contributed by atoms with Gasteiger partial charge in [0.05, 0.1) is 0 Å². The highest BCUT2D eigenvalue weighted by molar-refractivity contribution is 5.89. The van der Waals surface area contributed by atoms with Crippen molar-refractivity contribution >= 4 is 11.9 Å². The van der Waals surface area contributed by atoms with E-state index < -0.39 is 11.9 Å². The number of carbonyl (C=O) groups is 2. The Bertz CT molecular complexity index is 119. The van der Waals surface area contributed by atoms with Gasteiger partial charge in [-0.15, -0.1) is 0 Å². The third kappa shape index (κ3) is 4.68. The molecule has 2 N–H and O–H groups in total. The molecule has 0 fully saturated rings. The zero-order valence-corrected chi connectivity index (χ0v) is 3.87. The van der Waals surface area contributed by atoms with Crippen molar-refractivity contribution < 1.29 is 19.8 Å². The minimum atomic E-state index is -1.26. The molecule has 0 aromatic rings. The highest BCUT2D eigenvalue weighted by atomic mass is 16.4. The van der Waals surface area contributed by atoms with Crippen LogP contribution in [0.4, 0.5) is 0 Å². The minimum absolute atomic E-state index is 0.558. The van der Waals surface area contributed by atoms with E-state index in [0.717, 1.165) is 0 Å². The van der Waals surface area contributed by atoms with Crippen LogP contribution in [-0.2, 0) is 9.59 Å². The fourth-order valence-corrected chi connectivity index (χ4v) is 0.143. The molecular formula is C4H4O4. The van der Waals surface area contributed by atoms with Gasteiger partial charge in [-0.05, 0) is 0 Å². The van der Waals surface area contributed by atoms with Crippen molar-refractivity contribution in [1.82, 2.24) is 0 Å². The molecule has 0 saturated heterocycles. The van der Waals surface area contributed by atoms with Gasteiger partial charge in [-0.25, -0.2) is 9.59 Å². The number of carboxylic acids is 2. The number of aliphatic carboxylic acids is 2. The summed E-state index contributed by atoms with van der Waals surface area (Å²) in [5, 5.41) is 15.6. The van der Waals surface area contributed by atoms with Gasteiger partial charge in [0.15, 0.2) is 0 Å². The summed E-state index contributed by atoms with van der Waals surface area (Å²) in [5.41, 5.74) is 0. The predicted octanol–water partition coefficient (Wildman–Crippen LogP) is -0.288. The summed E-state index contributed by atoms with van der Waals surface area (Å²) in [7, 11) is 0. The second-order valence-electron chi connectivity index (χ2n) is 1.01. The average molecular weight is 120 g/mol. The van der Waals surface area contributed by atoms with Crippen LogP contribution in [0.3, 0.4) is 0 Å². The van der Waals surface area contributed by atoms with Gasteiger partial charge in [0.2, 0.25) is 0 Å². The van der Waals surface area contributed by atoms with Crippen molar-refractivity contribution in [3.63, 3.8) is 0 Å². The summed E-state index contributed by atoms with van der Waals surface area (Å²) in [5.74, 6) is -2.51. The Morgan fingerprint density at radius 2 is 1.25 bits per heavy atom. The molecule has 0 bridgehead atoms. The number of carboxylic acid groups (broad SMARTS) is 2. The van der Waals surface area contributed by atoms with Crippen molar-refractivity contribution in [1.29, 1.82) is 0 Å². The molecule has 0 aliphatic rings. The summed E-state index contributed by atoms with van der Waals surface area (Å²) >= 11 is 0. The fourth-order valence-electron chi connectivity index (χ4n) is 0.143. The maximum atomic E-state index is 9.55. The van der Waals surface area contributed by atoms with Gasteiger partial charge in [-0.3, -0.25) is 0 Å². The van der Waals surface area contributed by atoms with E-state index in [1.54, 1.807) is 0 Å². The Hall–Kier alpha value is -1.32. The van der Waals surface area contributed by atoms with Gasteiger partial charge in [-0.1, -0.05) is 0 Å². The zero-order valence-electron chi connectivity index (χ0n) is 3.87. The molecule has 0 aliphatic heterocycles. The Balaban J connectivity index is 3.67. The minimum Gasteiger partial charge on any atom is -0.478 e. The molecule has 0 aromatic carbocycles. The maximum absolute atomic E-state index is 9.55. The van der Waals surface area contributed by atoms with E-state index in [9.17, 15) is 9.59 Å². The quantitative estimate of drug-likeness (QED) is 0.491. The first-order valence-corrected chi connectivity index (χ1v) is 1.77. The van der Waals surface area contributed by atoms with Gasteiger partial charge < -0.3 is 10.2 Å². The Morgan fingerprint density at radius 3 is 1.38 bits per heavy atom. The molecule has 0 amide bonds. The molecule has 0 aromatic heterocycles. The van der Waals surface area contributed by atoms with E-state index in [1.807, 2.05) is 0 Å². The van der Waals surface area contributed by atoms with Crippen LogP contribution in [0, 0.1) is 0 Å². The van der Waals surface area contributed by atoms with E-state index in [4.69, 9.17) is 10.2 Å². The van der Waals surface area contributed by atoms with Crippen molar-refractivity contribution in [2.75, 3.05) is 0 Å². The van der Waals surface area contributed by atoms with Crippen molar-refractivity contribution in [2.45, 2.75) is 0 Å². The van der Waals surface area contributed by atoms with Crippen molar-refractivity contribution in [2.24, 2.45) is 0 Å². The van der Waals surface area contributed by atoms with Crippen LogP contribution in [-0.4, -0.2) is 22.2 Å². The topological polar surface area (TPSA) is 74.6 Å². The predicted molar refractivity (Wildman–Crippen MR) is 24.4 cm³/mol. The average Bonchev–Trinajstić information content (AvgIpc) is 1.61. The number of hydrogen-bond donors (Lipinski definition) is 2. The number of hydrogen-bond acceptors (Lipinski definition) is 2. The summed E-state index contributed by atoms with van der Waals surface area (Å²) in [4.78, 5) is 19.1. The van der Waals surface area contributed by atoms with Crippen LogP contribution in [0.2, 0.25) is 0 Å². The van der Waals surface area contributed by atoms with Crippen LogP contribution < -0.4 is 0 Å². The van der Waals surface area contributed by atoms with E-state index in [2.05, 4.69) is 0 Å². The normalized spacial score (nSPS) is 9.50. The van der Waals surface area contributed by atoms with E-state index in [0.29, 0.717) is 12.2 Å². The molecular weight excluding hydrogens is 116 g/mol.